The maximum Gasteiger partial charge on any atom is 0.339 e. The van der Waals surface area contributed by atoms with Crippen molar-refractivity contribution in [3.05, 3.63) is 48.0 Å². The molecule has 0 unspecified atom stereocenters. The van der Waals surface area contributed by atoms with E-state index < -0.39 is 10.1 Å². The fraction of sp³-hybridized carbons (Fsp3) is 0.263. The van der Waals surface area contributed by atoms with E-state index in [2.05, 4.69) is 5.32 Å². The van der Waals surface area contributed by atoms with Crippen LogP contribution in [-0.4, -0.2) is 26.8 Å². The summed E-state index contributed by atoms with van der Waals surface area (Å²) in [5, 5.41) is 2.60. The summed E-state index contributed by atoms with van der Waals surface area (Å²) in [7, 11) is -4.02. The molecule has 8 heteroatoms. The van der Waals surface area contributed by atoms with Gasteiger partial charge in [-0.25, -0.2) is 0 Å². The maximum absolute atomic E-state index is 12.6. The second kappa shape index (κ2) is 7.40. The molecule has 7 nitrogen and oxygen atoms in total. The molecule has 0 radical (unpaired) electrons. The quantitative estimate of drug-likeness (QED) is 0.795. The summed E-state index contributed by atoms with van der Waals surface area (Å²) < 4.78 is 30.4. The van der Waals surface area contributed by atoms with Crippen LogP contribution >= 0.6 is 0 Å². The van der Waals surface area contributed by atoms with Gasteiger partial charge in [-0.05, 0) is 61.4 Å². The molecule has 3 rings (SSSR count). The van der Waals surface area contributed by atoms with Crippen molar-refractivity contribution in [2.45, 2.75) is 31.6 Å². The third kappa shape index (κ3) is 4.28. The van der Waals surface area contributed by atoms with Gasteiger partial charge in [0.15, 0.2) is 0 Å². The van der Waals surface area contributed by atoms with Crippen molar-refractivity contribution in [3.8, 4) is 5.75 Å². The molecule has 0 atom stereocenters. The lowest BCUT2D eigenvalue weighted by atomic mass is 10.2. The molecule has 1 aliphatic rings. The summed E-state index contributed by atoms with van der Waals surface area (Å²) in [6.45, 7) is 3.69. The fourth-order valence-electron chi connectivity index (χ4n) is 2.97. The normalized spacial score (nSPS) is 14.3. The number of anilines is 2. The van der Waals surface area contributed by atoms with Gasteiger partial charge in [0.2, 0.25) is 11.8 Å². The zero-order valence-corrected chi connectivity index (χ0v) is 15.9. The number of nitrogens with zero attached hydrogens (tertiary/aromatic N) is 1. The molecule has 0 aromatic heterocycles. The first-order valence-corrected chi connectivity index (χ1v) is 9.90. The van der Waals surface area contributed by atoms with Crippen LogP contribution in [0.25, 0.3) is 0 Å². The predicted molar refractivity (Wildman–Crippen MR) is 101 cm³/mol. The smallest absolute Gasteiger partial charge is 0.339 e. The van der Waals surface area contributed by atoms with Crippen LogP contribution in [0.1, 0.15) is 25.3 Å². The number of hydrogen-bond donors (Lipinski definition) is 1. The highest BCUT2D eigenvalue weighted by atomic mass is 32.2. The number of nitrogens with one attached hydrogen (secondary N) is 1. The summed E-state index contributed by atoms with van der Waals surface area (Å²) in [4.78, 5) is 24.6. The number of rotatable bonds is 5. The largest absolute Gasteiger partial charge is 0.379 e. The summed E-state index contributed by atoms with van der Waals surface area (Å²) in [5.74, 6) is -0.0358. The lowest BCUT2D eigenvalue weighted by molar-refractivity contribution is -0.117. The minimum atomic E-state index is -4.02. The monoisotopic (exact) mass is 388 g/mol. The zero-order chi connectivity index (χ0) is 19.6. The topological polar surface area (TPSA) is 92.8 Å². The van der Waals surface area contributed by atoms with Crippen molar-refractivity contribution >= 4 is 33.3 Å². The minimum Gasteiger partial charge on any atom is -0.379 e. The molecule has 142 valence electrons. The lowest BCUT2D eigenvalue weighted by Crippen LogP contribution is -2.24. The first kappa shape index (κ1) is 18.9. The molecule has 0 bridgehead atoms. The number of amides is 2. The van der Waals surface area contributed by atoms with Crippen LogP contribution in [0.4, 0.5) is 11.4 Å². The number of carbonyl (C=O) groups is 2. The highest BCUT2D eigenvalue weighted by molar-refractivity contribution is 7.87. The van der Waals surface area contributed by atoms with Gasteiger partial charge in [0.1, 0.15) is 10.6 Å². The number of aryl methyl sites for hydroxylation is 1. The highest BCUT2D eigenvalue weighted by Gasteiger charge is 2.24. The van der Waals surface area contributed by atoms with E-state index in [9.17, 15) is 18.0 Å². The van der Waals surface area contributed by atoms with Gasteiger partial charge in [0.25, 0.3) is 0 Å². The van der Waals surface area contributed by atoms with Crippen LogP contribution in [0.15, 0.2) is 47.4 Å². The van der Waals surface area contributed by atoms with Gasteiger partial charge in [-0.15, -0.1) is 0 Å². The van der Waals surface area contributed by atoms with Crippen LogP contribution < -0.4 is 14.4 Å². The minimum absolute atomic E-state index is 0.0421. The Kier molecular flexibility index (Phi) is 5.18. The van der Waals surface area contributed by atoms with Gasteiger partial charge >= 0.3 is 10.1 Å². The molecule has 2 amide bonds. The van der Waals surface area contributed by atoms with Crippen LogP contribution in [0.2, 0.25) is 0 Å². The van der Waals surface area contributed by atoms with E-state index in [1.54, 1.807) is 36.1 Å². The molecule has 2 aromatic carbocycles. The van der Waals surface area contributed by atoms with Gasteiger partial charge in [-0.3, -0.25) is 9.59 Å². The Morgan fingerprint density at radius 2 is 1.85 bits per heavy atom. The van der Waals surface area contributed by atoms with Gasteiger partial charge in [-0.1, -0.05) is 0 Å². The first-order chi connectivity index (χ1) is 12.8. The molecule has 2 aromatic rings. The second-order valence-corrected chi connectivity index (χ2v) is 7.86. The number of carbonyl (C=O) groups excluding carboxylic acids is 2. The van der Waals surface area contributed by atoms with Crippen LogP contribution in [0.3, 0.4) is 0 Å². The van der Waals surface area contributed by atoms with E-state index in [4.69, 9.17) is 4.18 Å². The summed E-state index contributed by atoms with van der Waals surface area (Å²) >= 11 is 0. The van der Waals surface area contributed by atoms with E-state index in [0.29, 0.717) is 29.9 Å². The highest BCUT2D eigenvalue weighted by Crippen LogP contribution is 2.28. The Morgan fingerprint density at radius 3 is 2.41 bits per heavy atom. The predicted octanol–water partition coefficient (Wildman–Crippen LogP) is 2.85. The fourth-order valence-corrected chi connectivity index (χ4v) is 4.11. The Hall–Kier alpha value is -2.87. The molecular weight excluding hydrogens is 368 g/mol. The van der Waals surface area contributed by atoms with Gasteiger partial charge in [0, 0.05) is 31.3 Å². The third-order valence-electron chi connectivity index (χ3n) is 4.19. The molecule has 0 spiro atoms. The van der Waals surface area contributed by atoms with Crippen LogP contribution in [0.5, 0.6) is 5.75 Å². The maximum atomic E-state index is 12.6. The van der Waals surface area contributed by atoms with Crippen molar-refractivity contribution in [2.24, 2.45) is 0 Å². The number of benzene rings is 2. The zero-order valence-electron chi connectivity index (χ0n) is 15.1. The lowest BCUT2D eigenvalue weighted by Gasteiger charge is -2.17. The van der Waals surface area contributed by atoms with E-state index in [1.807, 2.05) is 0 Å². The van der Waals surface area contributed by atoms with Crippen molar-refractivity contribution in [3.63, 3.8) is 0 Å². The molecule has 1 heterocycles. The molecule has 27 heavy (non-hydrogen) atoms. The molecule has 1 N–H and O–H groups in total. The molecule has 0 aliphatic carbocycles. The second-order valence-electron chi connectivity index (χ2n) is 6.34. The summed E-state index contributed by atoms with van der Waals surface area (Å²) in [6.07, 6.45) is 1.31. The Labute approximate surface area is 158 Å². The molecule has 0 saturated carbocycles. The Balaban J connectivity index is 1.80. The average molecular weight is 388 g/mol. The van der Waals surface area contributed by atoms with E-state index in [-0.39, 0.29) is 22.5 Å². The van der Waals surface area contributed by atoms with Gasteiger partial charge in [-0.2, -0.15) is 8.42 Å². The van der Waals surface area contributed by atoms with E-state index in [1.165, 1.54) is 25.1 Å². The van der Waals surface area contributed by atoms with Crippen LogP contribution in [-0.2, 0) is 19.7 Å². The van der Waals surface area contributed by atoms with E-state index >= 15 is 0 Å². The standard InChI is InChI=1S/C19H20N2O5S/c1-13-12-16(21-11-3-4-19(21)23)7-10-18(13)27(24,25)26-17-8-5-15(6-9-17)20-14(2)22/h5-10,12H,3-4,11H2,1-2H3,(H,20,22). The molecular formula is C19H20N2O5S. The van der Waals surface area contributed by atoms with Gasteiger partial charge < -0.3 is 14.4 Å². The molecule has 1 saturated heterocycles. The first-order valence-electron chi connectivity index (χ1n) is 8.49. The summed E-state index contributed by atoms with van der Waals surface area (Å²) in [5.41, 5.74) is 1.73. The number of hydrogen-bond acceptors (Lipinski definition) is 5. The van der Waals surface area contributed by atoms with Crippen molar-refractivity contribution in [1.82, 2.24) is 0 Å². The van der Waals surface area contributed by atoms with Crippen molar-refractivity contribution in [2.75, 3.05) is 16.8 Å². The molecule has 1 fully saturated rings. The Bertz CT molecular complexity index is 984. The van der Waals surface area contributed by atoms with Gasteiger partial charge in [0.05, 0.1) is 0 Å². The Morgan fingerprint density at radius 1 is 1.15 bits per heavy atom. The summed E-state index contributed by atoms with van der Waals surface area (Å²) in [6, 6.07) is 10.8. The van der Waals surface area contributed by atoms with Crippen molar-refractivity contribution < 1.29 is 22.2 Å². The SMILES string of the molecule is CC(=O)Nc1ccc(OS(=O)(=O)c2ccc(N3CCCC3=O)cc2C)cc1. The average Bonchev–Trinajstić information content (AvgIpc) is 3.01. The molecule has 1 aliphatic heterocycles. The van der Waals surface area contributed by atoms with E-state index in [0.717, 1.165) is 6.42 Å². The van der Waals surface area contributed by atoms with Crippen molar-refractivity contribution in [1.29, 1.82) is 0 Å². The third-order valence-corrected chi connectivity index (χ3v) is 5.60. The van der Waals surface area contributed by atoms with Crippen LogP contribution in [0, 0.1) is 6.92 Å².